The number of halogens is 1. The van der Waals surface area contributed by atoms with Crippen LogP contribution in [-0.4, -0.2) is 34.5 Å². The highest BCUT2D eigenvalue weighted by molar-refractivity contribution is 9.10. The fourth-order valence-electron chi connectivity index (χ4n) is 2.45. The molecule has 0 saturated carbocycles. The lowest BCUT2D eigenvalue weighted by atomic mass is 9.81. The van der Waals surface area contributed by atoms with Crippen LogP contribution in [0.4, 0.5) is 0 Å². The molecular formula is C15H18BrNO3. The standard InChI is InChI=1S/C15H18BrNO3/c1-3-12(18)9-17-13(19)8-15(2,14(17)20)10-4-6-11(16)7-5-10/h4-7,12,18H,3,8-9H2,1-2H3/t12-,15-/m0/s1. The second-order valence-corrected chi connectivity index (χ2v) is 6.30. The van der Waals surface area contributed by atoms with Crippen LogP contribution >= 0.6 is 15.9 Å². The molecule has 1 fully saturated rings. The number of amides is 2. The van der Waals surface area contributed by atoms with Crippen molar-refractivity contribution in [2.45, 2.75) is 38.2 Å². The maximum atomic E-state index is 12.6. The summed E-state index contributed by atoms with van der Waals surface area (Å²) in [6.07, 6.45) is 0.0193. The maximum Gasteiger partial charge on any atom is 0.240 e. The molecule has 0 aliphatic carbocycles. The molecule has 1 aromatic rings. The Labute approximate surface area is 126 Å². The molecule has 1 aliphatic heterocycles. The average Bonchev–Trinajstić information content (AvgIpc) is 2.64. The topological polar surface area (TPSA) is 57.6 Å². The van der Waals surface area contributed by atoms with E-state index >= 15 is 0 Å². The molecule has 1 aromatic carbocycles. The number of hydrogen-bond acceptors (Lipinski definition) is 3. The third-order valence-corrected chi connectivity index (χ3v) is 4.40. The molecule has 1 N–H and O–H groups in total. The van der Waals surface area contributed by atoms with Crippen LogP contribution in [0.1, 0.15) is 32.3 Å². The number of nitrogens with zero attached hydrogens (tertiary/aromatic N) is 1. The minimum absolute atomic E-state index is 0.0836. The number of likely N-dealkylation sites (tertiary alicyclic amines) is 1. The Balaban J connectivity index is 2.28. The number of β-amino-alcohol motifs (C(OH)–C–C–N with tert-alkyl or cyclic N) is 1. The second kappa shape index (κ2) is 5.66. The number of carbonyl (C=O) groups is 2. The highest BCUT2D eigenvalue weighted by atomic mass is 79.9. The molecular weight excluding hydrogens is 322 g/mol. The molecule has 108 valence electrons. The van der Waals surface area contributed by atoms with Gasteiger partial charge in [0, 0.05) is 10.9 Å². The van der Waals surface area contributed by atoms with Gasteiger partial charge in [0.05, 0.1) is 18.1 Å². The smallest absolute Gasteiger partial charge is 0.240 e. The Morgan fingerprint density at radius 3 is 2.50 bits per heavy atom. The molecule has 0 bridgehead atoms. The third-order valence-electron chi connectivity index (χ3n) is 3.87. The van der Waals surface area contributed by atoms with Gasteiger partial charge in [0.1, 0.15) is 0 Å². The first-order valence-electron chi connectivity index (χ1n) is 6.67. The van der Waals surface area contributed by atoms with Crippen LogP contribution in [-0.2, 0) is 15.0 Å². The third kappa shape index (κ3) is 2.65. The summed E-state index contributed by atoms with van der Waals surface area (Å²) in [6, 6.07) is 7.44. The van der Waals surface area contributed by atoms with Gasteiger partial charge >= 0.3 is 0 Å². The first kappa shape index (κ1) is 15.2. The van der Waals surface area contributed by atoms with Crippen molar-refractivity contribution in [3.63, 3.8) is 0 Å². The van der Waals surface area contributed by atoms with Crippen molar-refractivity contribution in [1.82, 2.24) is 4.90 Å². The van der Waals surface area contributed by atoms with Gasteiger partial charge in [0.15, 0.2) is 0 Å². The fourth-order valence-corrected chi connectivity index (χ4v) is 2.72. The number of imide groups is 1. The summed E-state index contributed by atoms with van der Waals surface area (Å²) in [7, 11) is 0. The van der Waals surface area contributed by atoms with Gasteiger partial charge in [-0.05, 0) is 31.0 Å². The Kier molecular flexibility index (Phi) is 4.30. The van der Waals surface area contributed by atoms with E-state index in [-0.39, 0.29) is 24.8 Å². The molecule has 0 spiro atoms. The maximum absolute atomic E-state index is 12.6. The largest absolute Gasteiger partial charge is 0.391 e. The summed E-state index contributed by atoms with van der Waals surface area (Å²) in [5.74, 6) is -0.440. The van der Waals surface area contributed by atoms with Crippen molar-refractivity contribution in [2.24, 2.45) is 0 Å². The number of benzene rings is 1. The molecule has 2 amide bonds. The molecule has 4 nitrogen and oxygen atoms in total. The van der Waals surface area contributed by atoms with E-state index in [0.717, 1.165) is 10.0 Å². The normalized spacial score (nSPS) is 24.3. The minimum atomic E-state index is -0.828. The van der Waals surface area contributed by atoms with Crippen LogP contribution in [0.15, 0.2) is 28.7 Å². The van der Waals surface area contributed by atoms with Gasteiger partial charge in [-0.25, -0.2) is 0 Å². The Bertz CT molecular complexity index is 528. The van der Waals surface area contributed by atoms with E-state index < -0.39 is 11.5 Å². The quantitative estimate of drug-likeness (QED) is 0.856. The van der Waals surface area contributed by atoms with E-state index in [4.69, 9.17) is 0 Å². The summed E-state index contributed by atoms with van der Waals surface area (Å²) >= 11 is 3.36. The van der Waals surface area contributed by atoms with E-state index in [2.05, 4.69) is 15.9 Å². The molecule has 1 heterocycles. The Morgan fingerprint density at radius 2 is 1.95 bits per heavy atom. The van der Waals surface area contributed by atoms with Gasteiger partial charge in [0.25, 0.3) is 0 Å². The van der Waals surface area contributed by atoms with Crippen LogP contribution in [0.5, 0.6) is 0 Å². The number of aliphatic hydroxyl groups is 1. The monoisotopic (exact) mass is 339 g/mol. The van der Waals surface area contributed by atoms with Crippen LogP contribution in [0.2, 0.25) is 0 Å². The van der Waals surface area contributed by atoms with Crippen LogP contribution in [0, 0.1) is 0 Å². The summed E-state index contributed by atoms with van der Waals surface area (Å²) in [5, 5.41) is 9.68. The number of hydrogen-bond donors (Lipinski definition) is 1. The SMILES string of the molecule is CC[C@H](O)CN1C(=O)C[C@@](C)(c2ccc(Br)cc2)C1=O. The average molecular weight is 340 g/mol. The number of aliphatic hydroxyl groups excluding tert-OH is 1. The van der Waals surface area contributed by atoms with Crippen LogP contribution < -0.4 is 0 Å². The van der Waals surface area contributed by atoms with Crippen molar-refractivity contribution in [3.05, 3.63) is 34.3 Å². The number of carbonyl (C=O) groups excluding carboxylic acids is 2. The predicted octanol–water partition coefficient (Wildman–Crippen LogP) is 2.24. The summed E-state index contributed by atoms with van der Waals surface area (Å²) in [4.78, 5) is 25.8. The van der Waals surface area contributed by atoms with Gasteiger partial charge < -0.3 is 5.11 Å². The van der Waals surface area contributed by atoms with Gasteiger partial charge in [-0.15, -0.1) is 0 Å². The minimum Gasteiger partial charge on any atom is -0.391 e. The first-order valence-corrected chi connectivity index (χ1v) is 7.46. The molecule has 2 atom stereocenters. The highest BCUT2D eigenvalue weighted by Gasteiger charge is 2.49. The van der Waals surface area contributed by atoms with E-state index in [1.807, 2.05) is 31.2 Å². The predicted molar refractivity (Wildman–Crippen MR) is 79.1 cm³/mol. The molecule has 1 aliphatic rings. The lowest BCUT2D eigenvalue weighted by molar-refractivity contribution is -0.141. The first-order chi connectivity index (χ1) is 9.38. The van der Waals surface area contributed by atoms with Gasteiger partial charge in [-0.2, -0.15) is 0 Å². The van der Waals surface area contributed by atoms with Crippen LogP contribution in [0.3, 0.4) is 0 Å². The molecule has 0 unspecified atom stereocenters. The van der Waals surface area contributed by atoms with E-state index in [9.17, 15) is 14.7 Å². The molecule has 1 saturated heterocycles. The highest BCUT2D eigenvalue weighted by Crippen LogP contribution is 2.36. The van der Waals surface area contributed by atoms with Crippen molar-refractivity contribution in [1.29, 1.82) is 0 Å². The molecule has 5 heteroatoms. The Morgan fingerprint density at radius 1 is 1.35 bits per heavy atom. The van der Waals surface area contributed by atoms with Crippen molar-refractivity contribution >= 4 is 27.7 Å². The van der Waals surface area contributed by atoms with Crippen molar-refractivity contribution < 1.29 is 14.7 Å². The van der Waals surface area contributed by atoms with Gasteiger partial charge in [0.2, 0.25) is 11.8 Å². The molecule has 0 radical (unpaired) electrons. The van der Waals surface area contributed by atoms with E-state index in [1.54, 1.807) is 6.92 Å². The zero-order valence-electron chi connectivity index (χ0n) is 11.6. The van der Waals surface area contributed by atoms with Crippen molar-refractivity contribution in [3.8, 4) is 0 Å². The second-order valence-electron chi connectivity index (χ2n) is 5.39. The fraction of sp³-hybridized carbons (Fsp3) is 0.467. The summed E-state index contributed by atoms with van der Waals surface area (Å²) in [6.45, 7) is 3.69. The zero-order chi connectivity index (χ0) is 14.9. The Hall–Kier alpha value is -1.20. The van der Waals surface area contributed by atoms with Crippen LogP contribution in [0.25, 0.3) is 0 Å². The summed E-state index contributed by atoms with van der Waals surface area (Å²) < 4.78 is 0.930. The molecule has 20 heavy (non-hydrogen) atoms. The summed E-state index contributed by atoms with van der Waals surface area (Å²) in [5.41, 5.74) is -0.00171. The molecule has 0 aromatic heterocycles. The van der Waals surface area contributed by atoms with E-state index in [0.29, 0.717) is 6.42 Å². The van der Waals surface area contributed by atoms with Crippen molar-refractivity contribution in [2.75, 3.05) is 6.54 Å². The number of rotatable bonds is 4. The lowest BCUT2D eigenvalue weighted by Gasteiger charge is -2.23. The van der Waals surface area contributed by atoms with E-state index in [1.165, 1.54) is 4.90 Å². The van der Waals surface area contributed by atoms with Gasteiger partial charge in [-0.1, -0.05) is 35.0 Å². The zero-order valence-corrected chi connectivity index (χ0v) is 13.2. The lowest BCUT2D eigenvalue weighted by Crippen LogP contribution is -2.40. The molecule has 2 rings (SSSR count). The van der Waals surface area contributed by atoms with Gasteiger partial charge in [-0.3, -0.25) is 14.5 Å².